The Morgan fingerprint density at radius 3 is 2.53 bits per heavy atom. The quantitative estimate of drug-likeness (QED) is 0.808. The molecular formula is C13H19NO. The Bertz CT molecular complexity index is 300. The van der Waals surface area contributed by atoms with E-state index < -0.39 is 5.60 Å². The Morgan fingerprint density at radius 1 is 1.27 bits per heavy atom. The molecule has 1 aliphatic rings. The van der Waals surface area contributed by atoms with Crippen LogP contribution in [0.3, 0.4) is 0 Å². The first-order valence-corrected chi connectivity index (χ1v) is 5.64. The summed E-state index contributed by atoms with van der Waals surface area (Å²) in [5, 5.41) is 9.56. The van der Waals surface area contributed by atoms with Crippen molar-refractivity contribution in [2.75, 3.05) is 19.6 Å². The molecule has 1 fully saturated rings. The van der Waals surface area contributed by atoms with E-state index in [0.29, 0.717) is 0 Å². The molecule has 15 heavy (non-hydrogen) atoms. The molecular weight excluding hydrogens is 186 g/mol. The lowest BCUT2D eigenvalue weighted by molar-refractivity contribution is -0.0831. The van der Waals surface area contributed by atoms with Crippen molar-refractivity contribution in [3.05, 3.63) is 35.9 Å². The molecule has 0 atom stereocenters. The van der Waals surface area contributed by atoms with Gasteiger partial charge in [-0.1, -0.05) is 30.3 Å². The lowest BCUT2D eigenvalue weighted by Crippen LogP contribution is -2.59. The first-order valence-electron chi connectivity index (χ1n) is 5.64. The maximum Gasteiger partial charge on any atom is 0.0872 e. The summed E-state index contributed by atoms with van der Waals surface area (Å²) in [7, 11) is 0. The minimum absolute atomic E-state index is 0.424. The van der Waals surface area contributed by atoms with Crippen molar-refractivity contribution in [1.82, 2.24) is 4.90 Å². The number of β-amino-alcohol motifs (C(OH)–C–C–N with tert-alkyl or cyclic N) is 1. The van der Waals surface area contributed by atoms with Crippen molar-refractivity contribution in [2.45, 2.75) is 25.4 Å². The van der Waals surface area contributed by atoms with Crippen LogP contribution in [0.25, 0.3) is 0 Å². The van der Waals surface area contributed by atoms with Gasteiger partial charge in [-0.2, -0.15) is 0 Å². The minimum atomic E-state index is -0.424. The number of benzene rings is 1. The Balaban J connectivity index is 1.64. The van der Waals surface area contributed by atoms with Crippen LogP contribution in [-0.4, -0.2) is 35.2 Å². The summed E-state index contributed by atoms with van der Waals surface area (Å²) in [6.07, 6.45) is 2.32. The van der Waals surface area contributed by atoms with E-state index in [1.54, 1.807) is 0 Å². The molecule has 1 aliphatic heterocycles. The van der Waals surface area contributed by atoms with Gasteiger partial charge in [-0.25, -0.2) is 0 Å². The molecule has 0 saturated carbocycles. The van der Waals surface area contributed by atoms with Gasteiger partial charge < -0.3 is 5.11 Å². The summed E-state index contributed by atoms with van der Waals surface area (Å²) in [6, 6.07) is 10.6. The molecule has 2 nitrogen and oxygen atoms in total. The van der Waals surface area contributed by atoms with Crippen LogP contribution >= 0.6 is 0 Å². The molecule has 1 saturated heterocycles. The van der Waals surface area contributed by atoms with E-state index in [1.807, 2.05) is 6.92 Å². The molecule has 2 heteroatoms. The molecule has 82 valence electrons. The third-order valence-electron chi connectivity index (χ3n) is 2.91. The number of aryl methyl sites for hydroxylation is 1. The van der Waals surface area contributed by atoms with Crippen LogP contribution in [0.15, 0.2) is 30.3 Å². The van der Waals surface area contributed by atoms with Gasteiger partial charge in [0.05, 0.1) is 5.60 Å². The van der Waals surface area contributed by atoms with E-state index in [1.165, 1.54) is 12.0 Å². The third kappa shape index (κ3) is 3.05. The van der Waals surface area contributed by atoms with Crippen molar-refractivity contribution >= 4 is 0 Å². The zero-order valence-electron chi connectivity index (χ0n) is 9.32. The highest BCUT2D eigenvalue weighted by molar-refractivity contribution is 5.14. The predicted molar refractivity (Wildman–Crippen MR) is 61.8 cm³/mol. The van der Waals surface area contributed by atoms with Gasteiger partial charge in [-0.3, -0.25) is 4.90 Å². The van der Waals surface area contributed by atoms with Gasteiger partial charge in [0.2, 0.25) is 0 Å². The number of hydrogen-bond donors (Lipinski definition) is 1. The summed E-state index contributed by atoms with van der Waals surface area (Å²) >= 11 is 0. The van der Waals surface area contributed by atoms with E-state index in [9.17, 15) is 5.11 Å². The highest BCUT2D eigenvalue weighted by atomic mass is 16.3. The second kappa shape index (κ2) is 4.33. The topological polar surface area (TPSA) is 23.5 Å². The smallest absolute Gasteiger partial charge is 0.0872 e. The van der Waals surface area contributed by atoms with E-state index in [2.05, 4.69) is 35.2 Å². The fraction of sp³-hybridized carbons (Fsp3) is 0.538. The largest absolute Gasteiger partial charge is 0.388 e. The summed E-state index contributed by atoms with van der Waals surface area (Å²) in [5.74, 6) is 0. The van der Waals surface area contributed by atoms with Crippen molar-refractivity contribution < 1.29 is 5.11 Å². The van der Waals surface area contributed by atoms with E-state index >= 15 is 0 Å². The zero-order chi connectivity index (χ0) is 10.7. The first-order chi connectivity index (χ1) is 7.16. The van der Waals surface area contributed by atoms with E-state index in [-0.39, 0.29) is 0 Å². The predicted octanol–water partition coefficient (Wildman–Crippen LogP) is 1.69. The van der Waals surface area contributed by atoms with Crippen molar-refractivity contribution in [2.24, 2.45) is 0 Å². The lowest BCUT2D eigenvalue weighted by atomic mass is 9.96. The number of aliphatic hydroxyl groups is 1. The molecule has 1 aromatic carbocycles. The molecule has 1 heterocycles. The van der Waals surface area contributed by atoms with E-state index in [4.69, 9.17) is 0 Å². The summed E-state index contributed by atoms with van der Waals surface area (Å²) in [4.78, 5) is 2.31. The van der Waals surface area contributed by atoms with Crippen LogP contribution in [0.1, 0.15) is 18.9 Å². The number of hydrogen-bond acceptors (Lipinski definition) is 2. The molecule has 1 N–H and O–H groups in total. The molecule has 0 spiro atoms. The fourth-order valence-electron chi connectivity index (χ4n) is 2.23. The Morgan fingerprint density at radius 2 is 1.93 bits per heavy atom. The molecule has 0 bridgehead atoms. The SMILES string of the molecule is CC1(O)CN(CCCc2ccccc2)C1. The summed E-state index contributed by atoms with van der Waals surface area (Å²) < 4.78 is 0. The highest BCUT2D eigenvalue weighted by Crippen LogP contribution is 2.19. The molecule has 0 amide bonds. The normalized spacial score (nSPS) is 19.9. The van der Waals surface area contributed by atoms with E-state index in [0.717, 1.165) is 26.1 Å². The van der Waals surface area contributed by atoms with Crippen LogP contribution in [0, 0.1) is 0 Å². The van der Waals surface area contributed by atoms with Gasteiger partial charge in [-0.15, -0.1) is 0 Å². The van der Waals surface area contributed by atoms with Crippen molar-refractivity contribution in [1.29, 1.82) is 0 Å². The minimum Gasteiger partial charge on any atom is -0.388 e. The molecule has 0 radical (unpaired) electrons. The highest BCUT2D eigenvalue weighted by Gasteiger charge is 2.35. The average molecular weight is 205 g/mol. The van der Waals surface area contributed by atoms with Crippen LogP contribution in [0.5, 0.6) is 0 Å². The standard InChI is InChI=1S/C13H19NO/c1-13(15)10-14(11-13)9-5-8-12-6-3-2-4-7-12/h2-4,6-7,15H,5,8-11H2,1H3. The van der Waals surface area contributed by atoms with Gasteiger partial charge in [0.25, 0.3) is 0 Å². The van der Waals surface area contributed by atoms with Gasteiger partial charge in [-0.05, 0) is 31.9 Å². The molecule has 1 aromatic rings. The average Bonchev–Trinajstić information content (AvgIpc) is 2.16. The maximum absolute atomic E-state index is 9.56. The number of likely N-dealkylation sites (tertiary alicyclic amines) is 1. The first kappa shape index (κ1) is 10.7. The number of nitrogens with zero attached hydrogens (tertiary/aromatic N) is 1. The monoisotopic (exact) mass is 205 g/mol. The van der Waals surface area contributed by atoms with Crippen LogP contribution in [0.4, 0.5) is 0 Å². The maximum atomic E-state index is 9.56. The van der Waals surface area contributed by atoms with Crippen LogP contribution < -0.4 is 0 Å². The fourth-order valence-corrected chi connectivity index (χ4v) is 2.23. The molecule has 2 rings (SSSR count). The molecule has 0 aromatic heterocycles. The second-order valence-corrected chi connectivity index (χ2v) is 4.80. The Labute approximate surface area is 91.5 Å². The summed E-state index contributed by atoms with van der Waals surface area (Å²) in [6.45, 7) is 4.68. The van der Waals surface area contributed by atoms with Gasteiger partial charge in [0.15, 0.2) is 0 Å². The van der Waals surface area contributed by atoms with Gasteiger partial charge in [0.1, 0.15) is 0 Å². The second-order valence-electron chi connectivity index (χ2n) is 4.80. The van der Waals surface area contributed by atoms with Crippen LogP contribution in [0.2, 0.25) is 0 Å². The van der Waals surface area contributed by atoms with Gasteiger partial charge in [0, 0.05) is 13.1 Å². The lowest BCUT2D eigenvalue weighted by Gasteiger charge is -2.44. The zero-order valence-corrected chi connectivity index (χ0v) is 9.32. The molecule has 0 aliphatic carbocycles. The Hall–Kier alpha value is -0.860. The van der Waals surface area contributed by atoms with Crippen LogP contribution in [-0.2, 0) is 6.42 Å². The van der Waals surface area contributed by atoms with Gasteiger partial charge >= 0.3 is 0 Å². The Kier molecular flexibility index (Phi) is 3.08. The number of rotatable bonds is 4. The van der Waals surface area contributed by atoms with Crippen molar-refractivity contribution in [3.63, 3.8) is 0 Å². The third-order valence-corrected chi connectivity index (χ3v) is 2.91. The van der Waals surface area contributed by atoms with Crippen molar-refractivity contribution in [3.8, 4) is 0 Å². The summed E-state index contributed by atoms with van der Waals surface area (Å²) in [5.41, 5.74) is 0.983. The molecule has 0 unspecified atom stereocenters.